The molecule has 2 aromatic carbocycles. The van der Waals surface area contributed by atoms with Crippen LogP contribution in [0.15, 0.2) is 54.6 Å². The van der Waals surface area contributed by atoms with Gasteiger partial charge in [0.05, 0.1) is 38.8 Å². The number of nitrogens with two attached hydrogens (primary N) is 1. The Balaban J connectivity index is 1.57. The minimum Gasteiger partial charge on any atom is -0.493 e. The number of hydrogen-bond donors (Lipinski definition) is 2. The molecule has 0 saturated carbocycles. The summed E-state index contributed by atoms with van der Waals surface area (Å²) in [5, 5.41) is 3.76. The quantitative estimate of drug-likeness (QED) is 0.359. The Labute approximate surface area is 220 Å². The van der Waals surface area contributed by atoms with E-state index in [1.54, 1.807) is 14.2 Å². The van der Waals surface area contributed by atoms with Gasteiger partial charge in [-0.2, -0.15) is 0 Å². The number of ether oxygens (including phenoxy) is 3. The van der Waals surface area contributed by atoms with E-state index in [0.29, 0.717) is 33.4 Å². The molecule has 2 aromatic heterocycles. The van der Waals surface area contributed by atoms with Crippen LogP contribution in [0.4, 0.5) is 5.69 Å². The first-order valence-corrected chi connectivity index (χ1v) is 13.0. The van der Waals surface area contributed by atoms with Gasteiger partial charge < -0.3 is 25.3 Å². The summed E-state index contributed by atoms with van der Waals surface area (Å²) in [5.41, 5.74) is 10.5. The Morgan fingerprint density at radius 1 is 1.08 bits per heavy atom. The molecular weight excluding hydrogens is 488 g/mol. The van der Waals surface area contributed by atoms with E-state index in [1.807, 2.05) is 54.6 Å². The molecule has 1 aliphatic heterocycles. The molecule has 1 fully saturated rings. The van der Waals surface area contributed by atoms with Gasteiger partial charge in [-0.05, 0) is 12.1 Å². The van der Waals surface area contributed by atoms with E-state index in [1.165, 1.54) is 11.3 Å². The van der Waals surface area contributed by atoms with Crippen molar-refractivity contribution in [3.63, 3.8) is 0 Å². The number of aromatic nitrogens is 1. The molecule has 1 saturated heterocycles. The van der Waals surface area contributed by atoms with Gasteiger partial charge in [0.25, 0.3) is 5.91 Å². The highest BCUT2D eigenvalue weighted by Gasteiger charge is 2.24. The monoisotopic (exact) mass is 518 g/mol. The molecule has 8 nitrogen and oxygen atoms in total. The summed E-state index contributed by atoms with van der Waals surface area (Å²) in [6.45, 7) is 4.50. The fraction of sp³-hybridized carbons (Fsp3) is 0.286. The zero-order chi connectivity index (χ0) is 25.8. The molecular formula is C28H30N4O4S. The maximum atomic E-state index is 13.2. The van der Waals surface area contributed by atoms with Gasteiger partial charge in [0.2, 0.25) is 0 Å². The second kappa shape index (κ2) is 11.2. The highest BCUT2D eigenvalue weighted by atomic mass is 32.1. The van der Waals surface area contributed by atoms with E-state index in [9.17, 15) is 4.79 Å². The van der Waals surface area contributed by atoms with Gasteiger partial charge in [-0.25, -0.2) is 4.98 Å². The van der Waals surface area contributed by atoms with Crippen molar-refractivity contribution < 1.29 is 19.0 Å². The third kappa shape index (κ3) is 5.11. The first kappa shape index (κ1) is 25.0. The summed E-state index contributed by atoms with van der Waals surface area (Å²) >= 11 is 1.31. The average molecular weight is 519 g/mol. The number of methoxy groups -OCH3 is 2. The highest BCUT2D eigenvalue weighted by Crippen LogP contribution is 2.46. The summed E-state index contributed by atoms with van der Waals surface area (Å²) in [4.78, 5) is 21.5. The van der Waals surface area contributed by atoms with Crippen molar-refractivity contribution in [3.8, 4) is 33.9 Å². The lowest BCUT2D eigenvalue weighted by molar-refractivity contribution is 0.0383. The van der Waals surface area contributed by atoms with Crippen LogP contribution in [-0.4, -0.2) is 69.4 Å². The number of carbonyl (C=O) groups is 1. The van der Waals surface area contributed by atoms with Crippen LogP contribution in [0.25, 0.3) is 32.6 Å². The standard InChI is InChI=1S/C28H30N4O4S/c1-34-22-10-6-9-19(25(22)35-2)20-17-21(18-7-4-3-5-8-18)31-28-23(20)24(29)26(37-28)27(33)30-11-12-32-13-15-36-16-14-32/h3-10,17H,11-16,29H2,1-2H3,(H,30,33). The maximum Gasteiger partial charge on any atom is 0.263 e. The molecule has 1 amide bonds. The first-order chi connectivity index (χ1) is 18.1. The van der Waals surface area contributed by atoms with Gasteiger partial charge in [0.1, 0.15) is 9.71 Å². The Bertz CT molecular complexity index is 1400. The molecule has 9 heteroatoms. The molecule has 3 N–H and O–H groups in total. The molecule has 37 heavy (non-hydrogen) atoms. The van der Waals surface area contributed by atoms with Crippen molar-refractivity contribution in [1.82, 2.24) is 15.2 Å². The molecule has 0 bridgehead atoms. The number of rotatable bonds is 8. The zero-order valence-corrected chi connectivity index (χ0v) is 21.8. The second-order valence-electron chi connectivity index (χ2n) is 8.70. The Kier molecular flexibility index (Phi) is 7.55. The van der Waals surface area contributed by atoms with Crippen LogP contribution < -0.4 is 20.5 Å². The minimum absolute atomic E-state index is 0.196. The van der Waals surface area contributed by atoms with Crippen molar-refractivity contribution in [3.05, 3.63) is 59.5 Å². The molecule has 0 radical (unpaired) electrons. The largest absolute Gasteiger partial charge is 0.493 e. The number of fused-ring (bicyclic) bond motifs is 1. The van der Waals surface area contributed by atoms with E-state index in [0.717, 1.165) is 60.6 Å². The minimum atomic E-state index is -0.196. The smallest absolute Gasteiger partial charge is 0.263 e. The number of carbonyl (C=O) groups excluding carboxylic acids is 1. The predicted octanol–water partition coefficient (Wildman–Crippen LogP) is 4.29. The van der Waals surface area contributed by atoms with Crippen LogP contribution in [0.2, 0.25) is 0 Å². The molecule has 0 atom stereocenters. The van der Waals surface area contributed by atoms with Crippen LogP contribution in [-0.2, 0) is 4.74 Å². The van der Waals surface area contributed by atoms with Crippen molar-refractivity contribution in [1.29, 1.82) is 0 Å². The van der Waals surface area contributed by atoms with E-state index in [-0.39, 0.29) is 5.91 Å². The number of morpholine rings is 1. The number of anilines is 1. The fourth-order valence-corrected chi connectivity index (χ4v) is 5.63. The van der Waals surface area contributed by atoms with E-state index >= 15 is 0 Å². The molecule has 0 unspecified atom stereocenters. The van der Waals surface area contributed by atoms with E-state index in [2.05, 4.69) is 10.2 Å². The molecule has 3 heterocycles. The van der Waals surface area contributed by atoms with Crippen molar-refractivity contribution >= 4 is 33.1 Å². The topological polar surface area (TPSA) is 98.9 Å². The Morgan fingerprint density at radius 3 is 2.59 bits per heavy atom. The predicted molar refractivity (Wildman–Crippen MR) is 148 cm³/mol. The van der Waals surface area contributed by atoms with Crippen molar-refractivity contribution in [2.75, 3.05) is 59.3 Å². The summed E-state index contributed by atoms with van der Waals surface area (Å²) in [5.74, 6) is 1.01. The van der Waals surface area contributed by atoms with Gasteiger partial charge in [-0.15, -0.1) is 11.3 Å². The summed E-state index contributed by atoms with van der Waals surface area (Å²) in [6, 6.07) is 17.7. The number of nitrogen functional groups attached to an aromatic ring is 1. The summed E-state index contributed by atoms with van der Waals surface area (Å²) < 4.78 is 16.7. The number of nitrogens with zero attached hydrogens (tertiary/aromatic N) is 2. The van der Waals surface area contributed by atoms with E-state index < -0.39 is 0 Å². The first-order valence-electron chi connectivity index (χ1n) is 12.2. The second-order valence-corrected chi connectivity index (χ2v) is 9.70. The van der Waals surface area contributed by atoms with Crippen LogP contribution in [0.5, 0.6) is 11.5 Å². The zero-order valence-electron chi connectivity index (χ0n) is 21.0. The van der Waals surface area contributed by atoms with Gasteiger partial charge in [0.15, 0.2) is 11.5 Å². The van der Waals surface area contributed by atoms with Crippen LogP contribution in [0.3, 0.4) is 0 Å². The number of para-hydroxylation sites is 1. The number of thiophene rings is 1. The molecule has 192 valence electrons. The lowest BCUT2D eigenvalue weighted by Gasteiger charge is -2.26. The maximum absolute atomic E-state index is 13.2. The number of nitrogens with one attached hydrogen (secondary N) is 1. The Morgan fingerprint density at radius 2 is 1.86 bits per heavy atom. The summed E-state index contributed by atoms with van der Waals surface area (Å²) in [6.07, 6.45) is 0. The van der Waals surface area contributed by atoms with E-state index in [4.69, 9.17) is 24.9 Å². The SMILES string of the molecule is COc1cccc(-c2cc(-c3ccccc3)nc3sc(C(=O)NCCN4CCOCC4)c(N)c23)c1OC. The lowest BCUT2D eigenvalue weighted by atomic mass is 9.98. The molecule has 4 aromatic rings. The van der Waals surface area contributed by atoms with Gasteiger partial charge in [0, 0.05) is 48.3 Å². The van der Waals surface area contributed by atoms with Crippen molar-refractivity contribution in [2.24, 2.45) is 0 Å². The molecule has 5 rings (SSSR count). The van der Waals surface area contributed by atoms with Crippen LogP contribution >= 0.6 is 11.3 Å². The molecule has 0 aliphatic carbocycles. The van der Waals surface area contributed by atoms with Crippen molar-refractivity contribution in [2.45, 2.75) is 0 Å². The van der Waals surface area contributed by atoms with Gasteiger partial charge in [-0.1, -0.05) is 42.5 Å². The molecule has 0 spiro atoms. The summed E-state index contributed by atoms with van der Waals surface area (Å²) in [7, 11) is 3.22. The number of hydrogen-bond acceptors (Lipinski definition) is 8. The van der Waals surface area contributed by atoms with Gasteiger partial charge >= 0.3 is 0 Å². The third-order valence-corrected chi connectivity index (χ3v) is 7.58. The van der Waals surface area contributed by atoms with Crippen LogP contribution in [0.1, 0.15) is 9.67 Å². The molecule has 1 aliphatic rings. The third-order valence-electron chi connectivity index (χ3n) is 6.49. The Hall–Kier alpha value is -3.66. The number of benzene rings is 2. The normalized spacial score (nSPS) is 14.0. The average Bonchev–Trinajstić information content (AvgIpc) is 3.29. The number of pyridine rings is 1. The van der Waals surface area contributed by atoms with Crippen LogP contribution in [0, 0.1) is 0 Å². The highest BCUT2D eigenvalue weighted by molar-refractivity contribution is 7.21. The number of amides is 1. The fourth-order valence-electron chi connectivity index (χ4n) is 4.59. The van der Waals surface area contributed by atoms with Gasteiger partial charge in [-0.3, -0.25) is 9.69 Å². The lowest BCUT2D eigenvalue weighted by Crippen LogP contribution is -2.41.